The van der Waals surface area contributed by atoms with Crippen LogP contribution in [0.4, 0.5) is 5.69 Å². The van der Waals surface area contributed by atoms with E-state index in [1.807, 2.05) is 12.1 Å². The lowest BCUT2D eigenvalue weighted by Gasteiger charge is -2.31. The maximum absolute atomic E-state index is 13.5. The van der Waals surface area contributed by atoms with Gasteiger partial charge in [-0.2, -0.15) is 15.4 Å². The molecule has 2 aliphatic rings. The van der Waals surface area contributed by atoms with Gasteiger partial charge in [0, 0.05) is 12.0 Å². The number of amides is 2. The molecule has 1 aromatic heterocycles. The number of H-pyrrole nitrogens is 1. The second-order valence-electron chi connectivity index (χ2n) is 8.52. The molecule has 4 rings (SSSR count). The Balaban J connectivity index is 1.61. The van der Waals surface area contributed by atoms with Crippen molar-refractivity contribution in [2.45, 2.75) is 64.2 Å². The number of aromatic nitrogens is 3. The molecule has 28 heavy (non-hydrogen) atoms. The van der Waals surface area contributed by atoms with Crippen molar-refractivity contribution in [3.8, 4) is 0 Å². The normalized spacial score (nSPS) is 21.4. The molecular formula is C20H26N6O2. The van der Waals surface area contributed by atoms with Crippen molar-refractivity contribution < 1.29 is 9.59 Å². The molecular weight excluding hydrogens is 356 g/mol. The highest BCUT2D eigenvalue weighted by atomic mass is 16.2. The summed E-state index contributed by atoms with van der Waals surface area (Å²) in [6, 6.07) is 5.24. The molecule has 8 heteroatoms. The van der Waals surface area contributed by atoms with Gasteiger partial charge in [0.1, 0.15) is 11.7 Å². The van der Waals surface area contributed by atoms with Gasteiger partial charge in [-0.15, -0.1) is 0 Å². The summed E-state index contributed by atoms with van der Waals surface area (Å²) in [5.74, 6) is -0.199. The number of anilines is 1. The van der Waals surface area contributed by atoms with Gasteiger partial charge in [0.05, 0.1) is 24.5 Å². The van der Waals surface area contributed by atoms with Crippen molar-refractivity contribution in [3.63, 3.8) is 0 Å². The fourth-order valence-corrected chi connectivity index (χ4v) is 4.10. The van der Waals surface area contributed by atoms with E-state index < -0.39 is 6.04 Å². The maximum atomic E-state index is 13.5. The number of para-hydroxylation sites is 1. The van der Waals surface area contributed by atoms with E-state index in [0.29, 0.717) is 12.1 Å². The molecule has 0 bridgehead atoms. The molecule has 0 unspecified atom stereocenters. The Bertz CT molecular complexity index is 887. The zero-order valence-electron chi connectivity index (χ0n) is 16.5. The van der Waals surface area contributed by atoms with Crippen LogP contribution in [0.3, 0.4) is 0 Å². The van der Waals surface area contributed by atoms with Crippen LogP contribution in [0.5, 0.6) is 0 Å². The highest BCUT2D eigenvalue weighted by molar-refractivity contribution is 6.06. The third-order valence-corrected chi connectivity index (χ3v) is 5.23. The Morgan fingerprint density at radius 3 is 2.82 bits per heavy atom. The fourth-order valence-electron chi connectivity index (χ4n) is 4.10. The van der Waals surface area contributed by atoms with Crippen molar-refractivity contribution in [2.24, 2.45) is 0 Å². The molecule has 2 amide bonds. The van der Waals surface area contributed by atoms with Crippen LogP contribution < -0.4 is 15.5 Å². The predicted molar refractivity (Wildman–Crippen MR) is 105 cm³/mol. The zero-order valence-corrected chi connectivity index (χ0v) is 16.5. The summed E-state index contributed by atoms with van der Waals surface area (Å²) >= 11 is 0. The van der Waals surface area contributed by atoms with Gasteiger partial charge in [-0.3, -0.25) is 14.5 Å². The lowest BCUT2D eigenvalue weighted by molar-refractivity contribution is -0.127. The second-order valence-corrected chi connectivity index (χ2v) is 8.52. The van der Waals surface area contributed by atoms with Crippen LogP contribution in [0.25, 0.3) is 0 Å². The largest absolute Gasteiger partial charge is 0.348 e. The molecule has 3 N–H and O–H groups in total. The average Bonchev–Trinajstić information content (AvgIpc) is 3.26. The van der Waals surface area contributed by atoms with Crippen LogP contribution in [0.15, 0.2) is 24.4 Å². The van der Waals surface area contributed by atoms with E-state index in [0.717, 1.165) is 29.7 Å². The molecule has 0 saturated carbocycles. The molecule has 1 aromatic carbocycles. The van der Waals surface area contributed by atoms with E-state index in [1.54, 1.807) is 11.1 Å². The molecule has 2 atom stereocenters. The van der Waals surface area contributed by atoms with Gasteiger partial charge in [0.2, 0.25) is 11.8 Å². The van der Waals surface area contributed by atoms with Gasteiger partial charge in [0.15, 0.2) is 0 Å². The minimum atomic E-state index is -0.544. The number of carbonyl (C=O) groups is 2. The third kappa shape index (κ3) is 3.52. The van der Waals surface area contributed by atoms with Crippen LogP contribution in [0.2, 0.25) is 0 Å². The summed E-state index contributed by atoms with van der Waals surface area (Å²) < 4.78 is 0. The zero-order chi connectivity index (χ0) is 19.9. The van der Waals surface area contributed by atoms with E-state index in [1.165, 1.54) is 0 Å². The number of aryl methyl sites for hydroxylation is 1. The molecule has 0 fully saturated rings. The summed E-state index contributed by atoms with van der Waals surface area (Å²) in [5, 5.41) is 16.6. The quantitative estimate of drug-likeness (QED) is 0.734. The Labute approximate surface area is 164 Å². The Morgan fingerprint density at radius 2 is 2.11 bits per heavy atom. The van der Waals surface area contributed by atoms with Crippen molar-refractivity contribution >= 4 is 17.5 Å². The number of hydrogen-bond acceptors (Lipinski definition) is 5. The van der Waals surface area contributed by atoms with E-state index in [2.05, 4.69) is 52.9 Å². The Hall–Kier alpha value is -2.74. The van der Waals surface area contributed by atoms with Crippen LogP contribution in [0.1, 0.15) is 44.0 Å². The first-order valence-corrected chi connectivity index (χ1v) is 9.67. The lowest BCUT2D eigenvalue weighted by atomic mass is 9.99. The number of nitrogens with zero attached hydrogens (tertiary/aromatic N) is 3. The summed E-state index contributed by atoms with van der Waals surface area (Å²) in [4.78, 5) is 28.2. The summed E-state index contributed by atoms with van der Waals surface area (Å²) in [6.45, 7) is 6.43. The van der Waals surface area contributed by atoms with E-state index >= 15 is 0 Å². The van der Waals surface area contributed by atoms with E-state index in [4.69, 9.17) is 0 Å². The van der Waals surface area contributed by atoms with Gasteiger partial charge < -0.3 is 10.6 Å². The molecule has 0 saturated heterocycles. The van der Waals surface area contributed by atoms with Crippen LogP contribution in [0, 0.1) is 0 Å². The molecule has 8 nitrogen and oxygen atoms in total. The van der Waals surface area contributed by atoms with Gasteiger partial charge in [0.25, 0.3) is 0 Å². The van der Waals surface area contributed by atoms with Crippen molar-refractivity contribution in [1.82, 2.24) is 26.0 Å². The fraction of sp³-hybridized carbons (Fsp3) is 0.500. The summed E-state index contributed by atoms with van der Waals surface area (Å²) in [7, 11) is 0. The molecule has 0 spiro atoms. The molecule has 3 heterocycles. The smallest absolute Gasteiger partial charge is 0.244 e. The first-order valence-electron chi connectivity index (χ1n) is 9.67. The molecule has 0 radical (unpaired) electrons. The van der Waals surface area contributed by atoms with Gasteiger partial charge in [-0.1, -0.05) is 18.2 Å². The minimum absolute atomic E-state index is 0.0276. The standard InChI is InChI=1S/C20H26N6O2/c1-20(2,3)23-15-8-7-12-5-4-6-13-9-16(26(17(12)13)19(15)28)18(27)21-10-14-11-22-25-24-14/h4-6,11,15-16,23H,7-10H2,1-3H3,(H,21,27)(H,22,24,25)/t15-,16-/m0/s1. The van der Waals surface area contributed by atoms with Gasteiger partial charge in [-0.25, -0.2) is 0 Å². The molecule has 0 aliphatic carbocycles. The number of benzene rings is 1. The Morgan fingerprint density at radius 1 is 1.32 bits per heavy atom. The topological polar surface area (TPSA) is 103 Å². The maximum Gasteiger partial charge on any atom is 0.244 e. The predicted octanol–water partition coefficient (Wildman–Crippen LogP) is 1.08. The number of aromatic amines is 1. The molecule has 2 aliphatic heterocycles. The van der Waals surface area contributed by atoms with Crippen LogP contribution in [-0.4, -0.2) is 44.8 Å². The molecule has 2 aromatic rings. The third-order valence-electron chi connectivity index (χ3n) is 5.23. The highest BCUT2D eigenvalue weighted by Gasteiger charge is 2.44. The minimum Gasteiger partial charge on any atom is -0.348 e. The number of nitrogens with one attached hydrogen (secondary N) is 3. The monoisotopic (exact) mass is 382 g/mol. The second kappa shape index (κ2) is 7.01. The average molecular weight is 382 g/mol. The number of rotatable bonds is 4. The first-order chi connectivity index (χ1) is 13.3. The summed E-state index contributed by atoms with van der Waals surface area (Å²) in [5.41, 5.74) is 3.58. The van der Waals surface area contributed by atoms with Crippen LogP contribution in [-0.2, 0) is 29.0 Å². The first kappa shape index (κ1) is 18.6. The van der Waals surface area contributed by atoms with Crippen molar-refractivity contribution in [2.75, 3.05) is 4.90 Å². The van der Waals surface area contributed by atoms with Crippen LogP contribution >= 0.6 is 0 Å². The number of hydrogen-bond donors (Lipinski definition) is 3. The van der Waals surface area contributed by atoms with E-state index in [9.17, 15) is 9.59 Å². The van der Waals surface area contributed by atoms with Gasteiger partial charge >= 0.3 is 0 Å². The Kier molecular flexibility index (Phi) is 4.66. The van der Waals surface area contributed by atoms with E-state index in [-0.39, 0.29) is 29.9 Å². The SMILES string of the molecule is CC(C)(C)N[C@H]1CCc2cccc3c2N(C1=O)[C@H](C(=O)NCc1cn[nH]n1)C3. The van der Waals surface area contributed by atoms with Gasteiger partial charge in [-0.05, 0) is 44.7 Å². The van der Waals surface area contributed by atoms with Crippen molar-refractivity contribution in [1.29, 1.82) is 0 Å². The lowest BCUT2D eigenvalue weighted by Crippen LogP contribution is -2.56. The van der Waals surface area contributed by atoms with Crippen molar-refractivity contribution in [3.05, 3.63) is 41.2 Å². The summed E-state index contributed by atoms with van der Waals surface area (Å²) in [6.07, 6.45) is 3.63. The highest BCUT2D eigenvalue weighted by Crippen LogP contribution is 2.39. The molecule has 148 valence electrons. The number of carbonyl (C=O) groups excluding carboxylic acids is 2.